The molecule has 2 N–H and O–H groups in total. The Morgan fingerprint density at radius 2 is 1.79 bits per heavy atom. The largest absolute Gasteiger partial charge is 0.492 e. The first kappa shape index (κ1) is 28.1. The molecule has 0 saturated carbocycles. The number of carbonyl (C=O) groups excluding carboxylic acids is 1. The van der Waals surface area contributed by atoms with Gasteiger partial charge in [0.05, 0.1) is 36.6 Å². The second-order valence-corrected chi connectivity index (χ2v) is 12.2. The van der Waals surface area contributed by atoms with Crippen LogP contribution in [-0.4, -0.2) is 47.7 Å². The maximum atomic E-state index is 13.4. The van der Waals surface area contributed by atoms with Gasteiger partial charge in [0.25, 0.3) is 5.91 Å². The lowest BCUT2D eigenvalue weighted by atomic mass is 9.86. The van der Waals surface area contributed by atoms with Crippen LogP contribution in [0.2, 0.25) is 5.15 Å². The van der Waals surface area contributed by atoms with Gasteiger partial charge in [-0.1, -0.05) is 43.7 Å². The molecular weight excluding hydrogens is 540 g/mol. The van der Waals surface area contributed by atoms with Crippen LogP contribution in [0.4, 0.5) is 11.4 Å². The van der Waals surface area contributed by atoms with E-state index in [1.54, 1.807) is 53.5 Å². The Kier molecular flexibility index (Phi) is 7.67. The number of methoxy groups -OCH3 is 1. The zero-order valence-electron chi connectivity index (χ0n) is 22.4. The highest BCUT2D eigenvalue weighted by Crippen LogP contribution is 2.39. The number of hydrogen-bond donors (Lipinski definition) is 2. The Balaban J connectivity index is 1.69. The van der Waals surface area contributed by atoms with E-state index in [9.17, 15) is 13.2 Å². The molecule has 1 amide bonds. The summed E-state index contributed by atoms with van der Waals surface area (Å²) in [6.45, 7) is 7.87. The number of nitrogens with one attached hydrogen (secondary N) is 2. The molecule has 204 valence electrons. The van der Waals surface area contributed by atoms with Crippen molar-refractivity contribution in [3.8, 4) is 22.7 Å². The van der Waals surface area contributed by atoms with E-state index >= 15 is 0 Å². The van der Waals surface area contributed by atoms with Crippen molar-refractivity contribution in [2.24, 2.45) is 0 Å². The van der Waals surface area contributed by atoms with E-state index in [0.29, 0.717) is 27.8 Å². The van der Waals surface area contributed by atoms with Crippen LogP contribution < -0.4 is 14.8 Å². The number of sulfonamides is 1. The van der Waals surface area contributed by atoms with Crippen LogP contribution in [0.5, 0.6) is 5.75 Å². The topological polar surface area (TPSA) is 128 Å². The second kappa shape index (κ2) is 10.7. The van der Waals surface area contributed by atoms with Crippen molar-refractivity contribution in [3.63, 3.8) is 0 Å². The Morgan fingerprint density at radius 3 is 2.41 bits per heavy atom. The van der Waals surface area contributed by atoms with Crippen molar-refractivity contribution in [1.82, 2.24) is 20.0 Å². The highest BCUT2D eigenvalue weighted by atomic mass is 35.5. The minimum Gasteiger partial charge on any atom is -0.492 e. The van der Waals surface area contributed by atoms with Gasteiger partial charge in [0.15, 0.2) is 5.75 Å². The molecule has 0 aliphatic rings. The fourth-order valence-electron chi connectivity index (χ4n) is 3.88. The van der Waals surface area contributed by atoms with E-state index in [1.807, 2.05) is 33.8 Å². The van der Waals surface area contributed by atoms with Gasteiger partial charge in [-0.25, -0.2) is 18.1 Å². The van der Waals surface area contributed by atoms with Crippen molar-refractivity contribution in [2.45, 2.75) is 33.1 Å². The van der Waals surface area contributed by atoms with Crippen LogP contribution in [0.1, 0.15) is 42.3 Å². The van der Waals surface area contributed by atoms with Gasteiger partial charge in [0.2, 0.25) is 10.0 Å². The van der Waals surface area contributed by atoms with Gasteiger partial charge >= 0.3 is 0 Å². The number of carbonyl (C=O) groups is 1. The van der Waals surface area contributed by atoms with Crippen LogP contribution in [0, 0.1) is 6.92 Å². The number of aryl methyl sites for hydroxylation is 1. The lowest BCUT2D eigenvalue weighted by Gasteiger charge is -2.24. The average molecular weight is 569 g/mol. The molecule has 2 heterocycles. The molecule has 0 radical (unpaired) electrons. The van der Waals surface area contributed by atoms with Crippen LogP contribution in [0.3, 0.4) is 0 Å². The molecule has 39 heavy (non-hydrogen) atoms. The quantitative estimate of drug-likeness (QED) is 0.292. The van der Waals surface area contributed by atoms with Gasteiger partial charge < -0.3 is 10.1 Å². The smallest absolute Gasteiger partial charge is 0.255 e. The fraction of sp³-hybridized carbons (Fsp3) is 0.259. The fourth-order valence-corrected chi connectivity index (χ4v) is 4.55. The van der Waals surface area contributed by atoms with Crippen molar-refractivity contribution in [1.29, 1.82) is 0 Å². The maximum Gasteiger partial charge on any atom is 0.255 e. The molecule has 4 rings (SSSR count). The number of ether oxygens (including phenoxy) is 1. The van der Waals surface area contributed by atoms with Gasteiger partial charge in [0.1, 0.15) is 10.8 Å². The number of halogens is 1. The van der Waals surface area contributed by atoms with Gasteiger partial charge in [-0.3, -0.25) is 9.52 Å². The van der Waals surface area contributed by atoms with Crippen LogP contribution in [0.15, 0.2) is 54.9 Å². The van der Waals surface area contributed by atoms with Crippen molar-refractivity contribution < 1.29 is 17.9 Å². The zero-order chi connectivity index (χ0) is 28.5. The minimum atomic E-state index is -3.60. The predicted octanol–water partition coefficient (Wildman–Crippen LogP) is 5.22. The monoisotopic (exact) mass is 568 g/mol. The first-order chi connectivity index (χ1) is 18.2. The van der Waals surface area contributed by atoms with E-state index in [-0.39, 0.29) is 16.9 Å². The van der Waals surface area contributed by atoms with E-state index in [2.05, 4.69) is 25.3 Å². The summed E-state index contributed by atoms with van der Waals surface area (Å²) < 4.78 is 33.6. The molecule has 0 atom stereocenters. The number of hydrogen-bond acceptors (Lipinski definition) is 7. The standard InChI is InChI=1S/C27H29ClN6O4S/c1-16-7-8-17(11-23(16)34-15-22(31-33-34)18-9-10-24(28)29-14-18)26(35)30-20-12-19(27(2,3)4)13-21(25(20)38-5)32-39(6,36)37/h7-15,32H,1-6H3,(H,30,35). The van der Waals surface area contributed by atoms with Crippen LogP contribution in [0.25, 0.3) is 16.9 Å². The Bertz CT molecular complexity index is 1640. The van der Waals surface area contributed by atoms with Gasteiger partial charge in [0, 0.05) is 17.3 Å². The number of rotatable bonds is 7. The predicted molar refractivity (Wildman–Crippen MR) is 152 cm³/mol. The summed E-state index contributed by atoms with van der Waals surface area (Å²) >= 11 is 5.88. The van der Waals surface area contributed by atoms with E-state index in [0.717, 1.165) is 22.9 Å². The summed E-state index contributed by atoms with van der Waals surface area (Å²) in [7, 11) is -2.19. The van der Waals surface area contributed by atoms with Crippen LogP contribution >= 0.6 is 11.6 Å². The molecule has 2 aromatic heterocycles. The number of amides is 1. The molecular formula is C27H29ClN6O4S. The SMILES string of the molecule is COc1c(NC(=O)c2ccc(C)c(-n3cc(-c4ccc(Cl)nc4)nn3)c2)cc(C(C)(C)C)cc1NS(C)(=O)=O. The first-order valence-electron chi connectivity index (χ1n) is 11.9. The second-order valence-electron chi connectivity index (χ2n) is 10.1. The molecule has 0 unspecified atom stereocenters. The highest BCUT2D eigenvalue weighted by molar-refractivity contribution is 7.92. The third-order valence-corrected chi connectivity index (χ3v) is 6.75. The van der Waals surface area contributed by atoms with Crippen molar-refractivity contribution >= 4 is 38.9 Å². The molecule has 0 saturated heterocycles. The molecule has 0 aliphatic carbocycles. The van der Waals surface area contributed by atoms with E-state index in [1.165, 1.54) is 7.11 Å². The number of anilines is 2. The lowest BCUT2D eigenvalue weighted by molar-refractivity contribution is 0.102. The molecule has 4 aromatic rings. The summed E-state index contributed by atoms with van der Waals surface area (Å²) in [6, 6.07) is 12.2. The molecule has 0 bridgehead atoms. The number of nitrogens with zero attached hydrogens (tertiary/aromatic N) is 4. The summed E-state index contributed by atoms with van der Waals surface area (Å²) in [4.78, 5) is 17.5. The molecule has 2 aromatic carbocycles. The summed E-state index contributed by atoms with van der Waals surface area (Å²) in [6.07, 6.45) is 4.41. The Labute approximate surface area is 232 Å². The third kappa shape index (κ3) is 6.55. The normalized spacial score (nSPS) is 11.8. The lowest BCUT2D eigenvalue weighted by Crippen LogP contribution is -2.18. The minimum absolute atomic E-state index is 0.201. The van der Waals surface area contributed by atoms with Gasteiger partial charge in [-0.2, -0.15) is 0 Å². The number of pyridine rings is 1. The summed E-state index contributed by atoms with van der Waals surface area (Å²) in [5.74, 6) is -0.209. The third-order valence-electron chi connectivity index (χ3n) is 5.94. The zero-order valence-corrected chi connectivity index (χ0v) is 24.0. The van der Waals surface area contributed by atoms with Gasteiger partial charge in [-0.15, -0.1) is 5.10 Å². The Hall–Kier alpha value is -3.96. The number of benzene rings is 2. The molecule has 12 heteroatoms. The average Bonchev–Trinajstić information content (AvgIpc) is 3.33. The summed E-state index contributed by atoms with van der Waals surface area (Å²) in [5, 5.41) is 11.7. The molecule has 0 aliphatic heterocycles. The van der Waals surface area contributed by atoms with E-state index in [4.69, 9.17) is 16.3 Å². The highest BCUT2D eigenvalue weighted by Gasteiger charge is 2.23. The van der Waals surface area contributed by atoms with Crippen molar-refractivity contribution in [3.05, 3.63) is 76.7 Å². The Morgan fingerprint density at radius 1 is 1.08 bits per heavy atom. The number of aromatic nitrogens is 4. The van der Waals surface area contributed by atoms with Crippen molar-refractivity contribution in [2.75, 3.05) is 23.4 Å². The molecule has 0 spiro atoms. The molecule has 10 nitrogen and oxygen atoms in total. The van der Waals surface area contributed by atoms with E-state index < -0.39 is 15.9 Å². The van der Waals surface area contributed by atoms with Gasteiger partial charge in [-0.05, 0) is 59.9 Å². The summed E-state index contributed by atoms with van der Waals surface area (Å²) in [5.41, 5.74) is 4.30. The first-order valence-corrected chi connectivity index (χ1v) is 14.2. The molecule has 0 fully saturated rings. The maximum absolute atomic E-state index is 13.4. The van der Waals surface area contributed by atoms with Crippen LogP contribution in [-0.2, 0) is 15.4 Å².